The number of ether oxygens (including phenoxy) is 2. The molecule has 0 aliphatic carbocycles. The molecule has 1 N–H and O–H groups in total. The first kappa shape index (κ1) is 25.6. The number of alkyl halides is 3. The zero-order valence-electron chi connectivity index (χ0n) is 20.2. The fourth-order valence-corrected chi connectivity index (χ4v) is 4.86. The molecule has 2 aliphatic rings. The number of aromatic nitrogens is 3. The monoisotopic (exact) mass is 531 g/mol. The molecule has 3 aromatic rings. The summed E-state index contributed by atoms with van der Waals surface area (Å²) in [6.45, 7) is 1.96. The number of rotatable bonds is 6. The van der Waals surface area contributed by atoms with Crippen LogP contribution in [0.3, 0.4) is 0 Å². The zero-order valence-corrected chi connectivity index (χ0v) is 20.2. The third-order valence-corrected chi connectivity index (χ3v) is 6.74. The first-order valence-electron chi connectivity index (χ1n) is 12.1. The minimum atomic E-state index is -5.01. The van der Waals surface area contributed by atoms with Crippen LogP contribution in [0.2, 0.25) is 0 Å². The number of nitrogens with zero attached hydrogens (tertiary/aromatic N) is 4. The third kappa shape index (κ3) is 5.62. The van der Waals surface area contributed by atoms with Crippen LogP contribution >= 0.6 is 0 Å². The summed E-state index contributed by atoms with van der Waals surface area (Å²) in [7, 11) is 0. The Morgan fingerprint density at radius 2 is 2.05 bits per heavy atom. The van der Waals surface area contributed by atoms with Crippen LogP contribution in [0, 0.1) is 16.0 Å². The number of halogens is 3. The highest BCUT2D eigenvalue weighted by atomic mass is 19.4. The summed E-state index contributed by atoms with van der Waals surface area (Å²) in [6.07, 6.45) is 1.80. The number of fused-ring (bicyclic) bond motifs is 1. The number of hydrogen-bond donors (Lipinski definition) is 1. The first-order valence-corrected chi connectivity index (χ1v) is 12.1. The molecule has 1 saturated heterocycles. The van der Waals surface area contributed by atoms with Crippen molar-refractivity contribution < 1.29 is 32.4 Å². The summed E-state index contributed by atoms with van der Waals surface area (Å²) in [6, 6.07) is 4.36. The summed E-state index contributed by atoms with van der Waals surface area (Å²) >= 11 is 0. The van der Waals surface area contributed by atoms with Gasteiger partial charge in [-0.25, -0.2) is 9.97 Å². The number of imidazole rings is 1. The van der Waals surface area contributed by atoms with E-state index in [9.17, 15) is 28.1 Å². The van der Waals surface area contributed by atoms with Gasteiger partial charge >= 0.3 is 6.36 Å². The number of hydrogen-bond acceptors (Lipinski definition) is 7. The second kappa shape index (κ2) is 10.4. The minimum Gasteiger partial charge on any atom is -0.406 e. The molecular weight excluding hydrogens is 507 g/mol. The van der Waals surface area contributed by atoms with Crippen molar-refractivity contribution >= 4 is 28.3 Å². The van der Waals surface area contributed by atoms with Crippen LogP contribution in [0.15, 0.2) is 36.5 Å². The van der Waals surface area contributed by atoms with Crippen LogP contribution in [-0.4, -0.2) is 63.3 Å². The molecule has 1 aromatic carbocycles. The van der Waals surface area contributed by atoms with E-state index < -0.39 is 28.6 Å². The summed E-state index contributed by atoms with van der Waals surface area (Å²) < 4.78 is 46.7. The van der Waals surface area contributed by atoms with Gasteiger partial charge in [0.2, 0.25) is 0 Å². The number of H-pyrrole nitrogens is 1. The van der Waals surface area contributed by atoms with Crippen molar-refractivity contribution in [2.45, 2.75) is 32.0 Å². The molecule has 0 unspecified atom stereocenters. The third-order valence-electron chi connectivity index (χ3n) is 6.74. The summed E-state index contributed by atoms with van der Waals surface area (Å²) in [5, 5.41) is 11.5. The van der Waals surface area contributed by atoms with E-state index in [0.717, 1.165) is 67.1 Å². The van der Waals surface area contributed by atoms with Crippen molar-refractivity contribution in [1.29, 1.82) is 0 Å². The topological polar surface area (TPSA) is 123 Å². The van der Waals surface area contributed by atoms with Gasteiger partial charge in [0, 0.05) is 44.5 Å². The fraction of sp³-hybridized carbons (Fsp3) is 0.400. The Kier molecular flexibility index (Phi) is 7.02. The Hall–Kier alpha value is -4.00. The van der Waals surface area contributed by atoms with Gasteiger partial charge in [-0.15, -0.1) is 13.2 Å². The van der Waals surface area contributed by atoms with Crippen LogP contribution in [0.5, 0.6) is 5.75 Å². The molecule has 2 aromatic heterocycles. The van der Waals surface area contributed by atoms with Crippen LogP contribution in [0.1, 0.15) is 41.0 Å². The van der Waals surface area contributed by atoms with E-state index in [4.69, 9.17) is 4.74 Å². The Morgan fingerprint density at radius 1 is 1.26 bits per heavy atom. The van der Waals surface area contributed by atoms with Gasteiger partial charge in [0.25, 0.3) is 11.6 Å². The fourth-order valence-electron chi connectivity index (χ4n) is 4.86. The lowest BCUT2D eigenvalue weighted by Crippen LogP contribution is -2.35. The largest absolute Gasteiger partial charge is 0.573 e. The molecule has 1 amide bonds. The minimum absolute atomic E-state index is 0.180. The maximum Gasteiger partial charge on any atom is 0.573 e. The normalized spacial score (nSPS) is 16.9. The van der Waals surface area contributed by atoms with Crippen molar-refractivity contribution in [3.05, 3.63) is 63.6 Å². The molecule has 13 heteroatoms. The second-order valence-electron chi connectivity index (χ2n) is 9.21. The second-order valence-corrected chi connectivity index (χ2v) is 9.21. The Balaban J connectivity index is 1.33. The summed E-state index contributed by atoms with van der Waals surface area (Å²) in [5.74, 6) is -0.0468. The van der Waals surface area contributed by atoms with Gasteiger partial charge in [-0.2, -0.15) is 0 Å². The van der Waals surface area contributed by atoms with E-state index in [1.165, 1.54) is 4.90 Å². The van der Waals surface area contributed by atoms with Gasteiger partial charge in [-0.05, 0) is 49.0 Å². The van der Waals surface area contributed by atoms with Crippen molar-refractivity contribution in [1.82, 2.24) is 19.9 Å². The molecule has 0 saturated carbocycles. The molecule has 2 aliphatic heterocycles. The number of carbonyl (C=O) groups is 1. The predicted molar refractivity (Wildman–Crippen MR) is 129 cm³/mol. The Morgan fingerprint density at radius 3 is 2.74 bits per heavy atom. The molecular formula is C25H24F3N5O5. The lowest BCUT2D eigenvalue weighted by Gasteiger charge is -2.27. The summed E-state index contributed by atoms with van der Waals surface area (Å²) in [5.41, 5.74) is 2.27. The molecule has 0 bridgehead atoms. The smallest absolute Gasteiger partial charge is 0.406 e. The van der Waals surface area contributed by atoms with E-state index in [2.05, 4.69) is 19.7 Å². The Bertz CT molecular complexity index is 1400. The van der Waals surface area contributed by atoms with Crippen LogP contribution in [0.25, 0.3) is 16.7 Å². The van der Waals surface area contributed by atoms with E-state index in [-0.39, 0.29) is 18.7 Å². The molecule has 4 heterocycles. The standard InChI is InChI=1S/C25H24F3N5O5/c26-25(27,28)38-17-1-2-19(20(14-17)33(35)36)24(34)32-9-4-16(5-10-32)18-3-8-29-23-22(18)30-21(31-23)13-15-6-11-37-12-7-15/h1-4,8,14-15H,5-7,9-13H2,(H,29,30,31). The van der Waals surface area contributed by atoms with E-state index in [1.807, 2.05) is 12.1 Å². The van der Waals surface area contributed by atoms with Crippen molar-refractivity contribution in [2.75, 3.05) is 26.3 Å². The molecule has 38 heavy (non-hydrogen) atoms. The lowest BCUT2D eigenvalue weighted by molar-refractivity contribution is -0.385. The Labute approximate surface area is 214 Å². The van der Waals surface area contributed by atoms with Gasteiger partial charge in [-0.3, -0.25) is 14.9 Å². The van der Waals surface area contributed by atoms with Crippen LogP contribution < -0.4 is 4.74 Å². The van der Waals surface area contributed by atoms with Gasteiger partial charge in [0.1, 0.15) is 17.1 Å². The first-order chi connectivity index (χ1) is 18.2. The highest BCUT2D eigenvalue weighted by Gasteiger charge is 2.33. The number of nitrogens with one attached hydrogen (secondary N) is 1. The van der Waals surface area contributed by atoms with E-state index in [1.54, 1.807) is 6.20 Å². The number of nitro benzene ring substituents is 1. The molecule has 10 nitrogen and oxygen atoms in total. The lowest BCUT2D eigenvalue weighted by atomic mass is 9.96. The van der Waals surface area contributed by atoms with Gasteiger partial charge in [0.15, 0.2) is 5.65 Å². The van der Waals surface area contributed by atoms with Gasteiger partial charge in [-0.1, -0.05) is 6.08 Å². The highest BCUT2D eigenvalue weighted by Crippen LogP contribution is 2.32. The van der Waals surface area contributed by atoms with Crippen molar-refractivity contribution in [3.63, 3.8) is 0 Å². The average molecular weight is 531 g/mol. The quantitative estimate of drug-likeness (QED) is 0.362. The molecule has 1 fully saturated rings. The van der Waals surface area contributed by atoms with Gasteiger partial charge in [0.05, 0.1) is 16.5 Å². The van der Waals surface area contributed by atoms with Gasteiger partial charge < -0.3 is 19.4 Å². The number of carbonyl (C=O) groups excluding carboxylic acids is 1. The maximum atomic E-state index is 13.1. The number of benzene rings is 1. The van der Waals surface area contributed by atoms with E-state index >= 15 is 0 Å². The number of nitro groups is 1. The predicted octanol–water partition coefficient (Wildman–Crippen LogP) is 4.66. The maximum absolute atomic E-state index is 13.1. The molecule has 0 radical (unpaired) electrons. The molecule has 0 atom stereocenters. The number of amides is 1. The zero-order chi connectivity index (χ0) is 26.9. The number of pyridine rings is 1. The molecule has 0 spiro atoms. The van der Waals surface area contributed by atoms with Crippen LogP contribution in [-0.2, 0) is 11.2 Å². The number of aromatic amines is 1. The summed E-state index contributed by atoms with van der Waals surface area (Å²) in [4.78, 5) is 37.5. The van der Waals surface area contributed by atoms with Crippen LogP contribution in [0.4, 0.5) is 18.9 Å². The molecule has 5 rings (SSSR count). The molecule has 200 valence electrons. The highest BCUT2D eigenvalue weighted by molar-refractivity contribution is 5.99. The SMILES string of the molecule is O=C(c1ccc(OC(F)(F)F)cc1[N+](=O)[O-])N1CC=C(c2ccnc3nc(CC4CCOCC4)[nH]c23)CC1. The van der Waals surface area contributed by atoms with Crippen molar-refractivity contribution in [2.24, 2.45) is 5.92 Å². The van der Waals surface area contributed by atoms with Crippen molar-refractivity contribution in [3.8, 4) is 5.75 Å². The average Bonchev–Trinajstić information content (AvgIpc) is 3.30. The van der Waals surface area contributed by atoms with E-state index in [0.29, 0.717) is 24.1 Å².